The highest BCUT2D eigenvalue weighted by atomic mass is 16.5. The normalized spacial score (nSPS) is 10.6. The van der Waals surface area contributed by atoms with Crippen LogP contribution in [0.3, 0.4) is 0 Å². The van der Waals surface area contributed by atoms with Gasteiger partial charge in [-0.3, -0.25) is 9.59 Å². The number of hydrogen-bond donors (Lipinski definition) is 1. The SMILES string of the molecule is CCCN(CC(=O)Nc1ccccc1OC)C(=O)Cc1ccc2ccccc2c1. The van der Waals surface area contributed by atoms with Gasteiger partial charge in [-0.15, -0.1) is 0 Å². The molecule has 150 valence electrons. The smallest absolute Gasteiger partial charge is 0.244 e. The van der Waals surface area contributed by atoms with Gasteiger partial charge in [-0.05, 0) is 34.9 Å². The van der Waals surface area contributed by atoms with E-state index in [4.69, 9.17) is 4.74 Å². The van der Waals surface area contributed by atoms with E-state index < -0.39 is 0 Å². The van der Waals surface area contributed by atoms with Crippen molar-refractivity contribution in [2.75, 3.05) is 25.5 Å². The number of nitrogens with one attached hydrogen (secondary N) is 1. The van der Waals surface area contributed by atoms with E-state index >= 15 is 0 Å². The van der Waals surface area contributed by atoms with Gasteiger partial charge in [0.05, 0.1) is 25.8 Å². The molecule has 0 bridgehead atoms. The largest absolute Gasteiger partial charge is 0.495 e. The molecule has 0 spiro atoms. The monoisotopic (exact) mass is 390 g/mol. The summed E-state index contributed by atoms with van der Waals surface area (Å²) in [5.41, 5.74) is 1.54. The average molecular weight is 390 g/mol. The van der Waals surface area contributed by atoms with Gasteiger partial charge in [0, 0.05) is 6.54 Å². The Balaban J connectivity index is 1.67. The lowest BCUT2D eigenvalue weighted by Crippen LogP contribution is -2.39. The maximum absolute atomic E-state index is 12.9. The minimum Gasteiger partial charge on any atom is -0.495 e. The second kappa shape index (κ2) is 9.73. The first-order valence-corrected chi connectivity index (χ1v) is 9.79. The number of nitrogens with zero attached hydrogens (tertiary/aromatic N) is 1. The summed E-state index contributed by atoms with van der Waals surface area (Å²) in [4.78, 5) is 27.0. The first-order valence-electron chi connectivity index (χ1n) is 9.79. The summed E-state index contributed by atoms with van der Waals surface area (Å²) in [6, 6.07) is 21.3. The Kier molecular flexibility index (Phi) is 6.85. The Morgan fingerprint density at radius 2 is 1.69 bits per heavy atom. The molecule has 2 amide bonds. The number of rotatable bonds is 8. The fourth-order valence-corrected chi connectivity index (χ4v) is 3.31. The Bertz CT molecular complexity index is 1000. The molecule has 0 saturated heterocycles. The van der Waals surface area contributed by atoms with Crippen LogP contribution in [-0.2, 0) is 16.0 Å². The van der Waals surface area contributed by atoms with E-state index in [-0.39, 0.29) is 24.8 Å². The number of fused-ring (bicyclic) bond motifs is 1. The third-order valence-electron chi connectivity index (χ3n) is 4.73. The van der Waals surface area contributed by atoms with Crippen molar-refractivity contribution in [3.8, 4) is 5.75 Å². The third-order valence-corrected chi connectivity index (χ3v) is 4.73. The quantitative estimate of drug-likeness (QED) is 0.625. The summed E-state index contributed by atoms with van der Waals surface area (Å²) in [7, 11) is 1.56. The molecule has 0 saturated carbocycles. The molecule has 3 aromatic carbocycles. The van der Waals surface area contributed by atoms with Crippen molar-refractivity contribution in [3.05, 3.63) is 72.3 Å². The van der Waals surface area contributed by atoms with Crippen molar-refractivity contribution in [2.24, 2.45) is 0 Å². The van der Waals surface area contributed by atoms with Crippen LogP contribution in [0.4, 0.5) is 5.69 Å². The molecule has 0 aliphatic carbocycles. The average Bonchev–Trinajstić information content (AvgIpc) is 2.73. The van der Waals surface area contributed by atoms with Gasteiger partial charge in [-0.25, -0.2) is 0 Å². The van der Waals surface area contributed by atoms with Crippen LogP contribution in [0.15, 0.2) is 66.7 Å². The maximum atomic E-state index is 12.9. The molecule has 0 atom stereocenters. The number of anilines is 1. The highest BCUT2D eigenvalue weighted by Crippen LogP contribution is 2.23. The van der Waals surface area contributed by atoms with Crippen LogP contribution in [0.2, 0.25) is 0 Å². The number of benzene rings is 3. The van der Waals surface area contributed by atoms with Gasteiger partial charge in [-0.1, -0.05) is 61.5 Å². The van der Waals surface area contributed by atoms with Crippen molar-refractivity contribution >= 4 is 28.3 Å². The summed E-state index contributed by atoms with van der Waals surface area (Å²) >= 11 is 0. The van der Waals surface area contributed by atoms with Gasteiger partial charge in [0.2, 0.25) is 11.8 Å². The Labute approximate surface area is 171 Å². The highest BCUT2D eigenvalue weighted by molar-refractivity contribution is 5.96. The van der Waals surface area contributed by atoms with E-state index in [0.29, 0.717) is 18.0 Å². The summed E-state index contributed by atoms with van der Waals surface area (Å²) in [6.07, 6.45) is 1.05. The van der Waals surface area contributed by atoms with E-state index in [0.717, 1.165) is 22.8 Å². The molecule has 29 heavy (non-hydrogen) atoms. The summed E-state index contributed by atoms with van der Waals surface area (Å²) < 4.78 is 5.27. The van der Waals surface area contributed by atoms with Gasteiger partial charge in [0.1, 0.15) is 5.75 Å². The van der Waals surface area contributed by atoms with Crippen molar-refractivity contribution in [3.63, 3.8) is 0 Å². The van der Waals surface area contributed by atoms with Crippen molar-refractivity contribution in [2.45, 2.75) is 19.8 Å². The summed E-state index contributed by atoms with van der Waals surface area (Å²) in [5, 5.41) is 5.08. The lowest BCUT2D eigenvalue weighted by atomic mass is 10.0. The van der Waals surface area contributed by atoms with Crippen LogP contribution in [0, 0.1) is 0 Å². The Hall–Kier alpha value is -3.34. The molecule has 0 radical (unpaired) electrons. The maximum Gasteiger partial charge on any atom is 0.244 e. The van der Waals surface area contributed by atoms with Gasteiger partial charge in [0.15, 0.2) is 0 Å². The number of methoxy groups -OCH3 is 1. The topological polar surface area (TPSA) is 58.6 Å². The molecular formula is C24H26N2O3. The highest BCUT2D eigenvalue weighted by Gasteiger charge is 2.18. The van der Waals surface area contributed by atoms with Gasteiger partial charge in [-0.2, -0.15) is 0 Å². The zero-order chi connectivity index (χ0) is 20.6. The lowest BCUT2D eigenvalue weighted by molar-refractivity contribution is -0.134. The fourth-order valence-electron chi connectivity index (χ4n) is 3.31. The Morgan fingerprint density at radius 1 is 0.966 bits per heavy atom. The molecule has 0 unspecified atom stereocenters. The molecule has 3 rings (SSSR count). The molecule has 1 N–H and O–H groups in total. The van der Waals surface area contributed by atoms with E-state index in [1.165, 1.54) is 0 Å². The van der Waals surface area contributed by atoms with Crippen LogP contribution >= 0.6 is 0 Å². The first kappa shape index (κ1) is 20.4. The predicted octanol–water partition coefficient (Wildman–Crippen LogP) is 4.27. The van der Waals surface area contributed by atoms with E-state index in [2.05, 4.69) is 5.32 Å². The first-order chi connectivity index (χ1) is 14.1. The fraction of sp³-hybridized carbons (Fsp3) is 0.250. The molecule has 0 aromatic heterocycles. The van der Waals surface area contributed by atoms with Crippen LogP contribution in [-0.4, -0.2) is 36.9 Å². The molecule has 0 aliphatic heterocycles. The molecule has 0 heterocycles. The van der Waals surface area contributed by atoms with Gasteiger partial charge in [0.25, 0.3) is 0 Å². The zero-order valence-electron chi connectivity index (χ0n) is 16.9. The summed E-state index contributed by atoms with van der Waals surface area (Å²) in [5.74, 6) is 0.289. The number of hydrogen-bond acceptors (Lipinski definition) is 3. The van der Waals surface area contributed by atoms with E-state index in [1.54, 1.807) is 24.1 Å². The molecular weight excluding hydrogens is 364 g/mol. The number of carbonyl (C=O) groups is 2. The van der Waals surface area contributed by atoms with Gasteiger partial charge < -0.3 is 15.0 Å². The third kappa shape index (κ3) is 5.35. The number of carbonyl (C=O) groups excluding carboxylic acids is 2. The molecule has 5 nitrogen and oxygen atoms in total. The minimum atomic E-state index is -0.241. The van der Waals surface area contributed by atoms with Crippen molar-refractivity contribution < 1.29 is 14.3 Å². The molecule has 0 aliphatic rings. The van der Waals surface area contributed by atoms with Gasteiger partial charge >= 0.3 is 0 Å². The minimum absolute atomic E-state index is 0.0122. The predicted molar refractivity (Wildman–Crippen MR) is 116 cm³/mol. The van der Waals surface area contributed by atoms with Crippen molar-refractivity contribution in [1.82, 2.24) is 4.90 Å². The number of para-hydroxylation sites is 2. The van der Waals surface area contributed by atoms with Crippen molar-refractivity contribution in [1.29, 1.82) is 0 Å². The van der Waals surface area contributed by atoms with E-state index in [9.17, 15) is 9.59 Å². The second-order valence-electron chi connectivity index (χ2n) is 6.92. The number of ether oxygens (including phenoxy) is 1. The second-order valence-corrected chi connectivity index (χ2v) is 6.92. The molecule has 0 fully saturated rings. The lowest BCUT2D eigenvalue weighted by Gasteiger charge is -2.22. The zero-order valence-corrected chi connectivity index (χ0v) is 16.9. The van der Waals surface area contributed by atoms with Crippen LogP contribution in [0.25, 0.3) is 10.8 Å². The Morgan fingerprint density at radius 3 is 2.45 bits per heavy atom. The standard InChI is InChI=1S/C24H26N2O3/c1-3-14-26(17-23(27)25-21-10-6-7-11-22(21)29-2)24(28)16-18-12-13-19-8-4-5-9-20(19)15-18/h4-13,15H,3,14,16-17H2,1-2H3,(H,25,27). The van der Waals surface area contributed by atoms with E-state index in [1.807, 2.05) is 61.5 Å². The molecule has 3 aromatic rings. The van der Waals surface area contributed by atoms with Crippen LogP contribution in [0.5, 0.6) is 5.75 Å². The molecule has 5 heteroatoms. The van der Waals surface area contributed by atoms with Crippen LogP contribution < -0.4 is 10.1 Å². The number of amides is 2. The van der Waals surface area contributed by atoms with Crippen LogP contribution in [0.1, 0.15) is 18.9 Å². The summed E-state index contributed by atoms with van der Waals surface area (Å²) in [6.45, 7) is 2.54.